The Morgan fingerprint density at radius 1 is 1.42 bits per heavy atom. The average Bonchev–Trinajstić information content (AvgIpc) is 3.00. The molecule has 2 aromatic rings. The molecule has 1 atom stereocenters. The summed E-state index contributed by atoms with van der Waals surface area (Å²) >= 11 is 0. The Morgan fingerprint density at radius 2 is 2.21 bits per heavy atom. The van der Waals surface area contributed by atoms with Crippen molar-refractivity contribution in [3.05, 3.63) is 34.4 Å². The highest BCUT2D eigenvalue weighted by atomic mass is 16.2. The summed E-state index contributed by atoms with van der Waals surface area (Å²) in [5.41, 5.74) is 4.71. The van der Waals surface area contributed by atoms with Gasteiger partial charge in [0.2, 0.25) is 0 Å². The van der Waals surface area contributed by atoms with E-state index in [9.17, 15) is 4.79 Å². The number of fused-ring (bicyclic) bond motifs is 1. The van der Waals surface area contributed by atoms with Gasteiger partial charge in [-0.1, -0.05) is 0 Å². The number of nitrogens with one attached hydrogen (secondary N) is 2. The molecule has 3 rings (SSSR count). The van der Waals surface area contributed by atoms with E-state index < -0.39 is 0 Å². The van der Waals surface area contributed by atoms with Crippen molar-refractivity contribution in [3.8, 4) is 0 Å². The molecule has 0 fully saturated rings. The van der Waals surface area contributed by atoms with Crippen LogP contribution in [0, 0.1) is 13.8 Å². The minimum absolute atomic E-state index is 0.0996. The van der Waals surface area contributed by atoms with Crippen LogP contribution in [-0.2, 0) is 19.6 Å². The number of rotatable bonds is 4. The van der Waals surface area contributed by atoms with Gasteiger partial charge in [-0.25, -0.2) is 0 Å². The van der Waals surface area contributed by atoms with Gasteiger partial charge < -0.3 is 10.6 Å². The molecule has 7 nitrogen and oxygen atoms in total. The zero-order chi connectivity index (χ0) is 17.3. The summed E-state index contributed by atoms with van der Waals surface area (Å²) < 4.78 is 3.91. The summed E-state index contributed by atoms with van der Waals surface area (Å²) in [5, 5.41) is 15.4. The molecule has 24 heavy (non-hydrogen) atoms. The van der Waals surface area contributed by atoms with Crippen LogP contribution < -0.4 is 10.6 Å². The molecular formula is C17H26N6O. The fraction of sp³-hybridized carbons (Fsp3) is 0.588. The zero-order valence-electron chi connectivity index (χ0n) is 14.9. The number of hydrogen-bond donors (Lipinski definition) is 2. The fourth-order valence-corrected chi connectivity index (χ4v) is 3.46. The van der Waals surface area contributed by atoms with Crippen molar-refractivity contribution in [2.24, 2.45) is 0 Å². The van der Waals surface area contributed by atoms with E-state index >= 15 is 0 Å². The number of aromatic nitrogens is 4. The van der Waals surface area contributed by atoms with Gasteiger partial charge in [0.25, 0.3) is 5.91 Å². The number of aryl methyl sites for hydroxylation is 3. The Kier molecular flexibility index (Phi) is 4.71. The third kappa shape index (κ3) is 3.08. The summed E-state index contributed by atoms with van der Waals surface area (Å²) in [4.78, 5) is 12.6. The van der Waals surface area contributed by atoms with E-state index in [1.54, 1.807) is 0 Å². The molecular weight excluding hydrogens is 304 g/mol. The van der Waals surface area contributed by atoms with Crippen molar-refractivity contribution in [2.75, 3.05) is 6.54 Å². The fourth-order valence-electron chi connectivity index (χ4n) is 3.46. The molecule has 130 valence electrons. The number of hydrogen-bond acceptors (Lipinski definition) is 4. The van der Waals surface area contributed by atoms with Crippen molar-refractivity contribution in [2.45, 2.75) is 59.8 Å². The lowest BCUT2D eigenvalue weighted by Gasteiger charge is -2.14. The first-order chi connectivity index (χ1) is 11.5. The monoisotopic (exact) mass is 330 g/mol. The van der Waals surface area contributed by atoms with Crippen LogP contribution in [0.2, 0.25) is 0 Å². The summed E-state index contributed by atoms with van der Waals surface area (Å²) in [6.45, 7) is 11.5. The first kappa shape index (κ1) is 16.7. The molecule has 2 N–H and O–H groups in total. The molecule has 2 aromatic heterocycles. The summed E-state index contributed by atoms with van der Waals surface area (Å²) in [6, 6.07) is 1.78. The quantitative estimate of drug-likeness (QED) is 0.894. The Labute approximate surface area is 142 Å². The Hall–Kier alpha value is -2.15. The second kappa shape index (κ2) is 6.76. The van der Waals surface area contributed by atoms with Crippen LogP contribution >= 0.6 is 0 Å². The minimum Gasteiger partial charge on any atom is -0.344 e. The lowest BCUT2D eigenvalue weighted by molar-refractivity contribution is 0.0934. The van der Waals surface area contributed by atoms with E-state index in [-0.39, 0.29) is 11.9 Å². The van der Waals surface area contributed by atoms with Gasteiger partial charge in [-0.05, 0) is 46.7 Å². The smallest absolute Gasteiger partial charge is 0.272 e. The third-order valence-electron chi connectivity index (χ3n) is 4.64. The van der Waals surface area contributed by atoms with E-state index in [2.05, 4.69) is 27.8 Å². The van der Waals surface area contributed by atoms with Crippen LogP contribution in [0.3, 0.4) is 0 Å². The lowest BCUT2D eigenvalue weighted by atomic mass is 10.1. The zero-order valence-corrected chi connectivity index (χ0v) is 14.9. The number of nitrogens with zero attached hydrogens (tertiary/aromatic N) is 4. The molecule has 1 aliphatic heterocycles. The maximum atomic E-state index is 12.6. The molecule has 0 aromatic carbocycles. The lowest BCUT2D eigenvalue weighted by Crippen LogP contribution is -2.28. The van der Waals surface area contributed by atoms with Crippen LogP contribution in [0.1, 0.15) is 59.4 Å². The van der Waals surface area contributed by atoms with Gasteiger partial charge in [0.15, 0.2) is 5.69 Å². The van der Waals surface area contributed by atoms with Gasteiger partial charge >= 0.3 is 0 Å². The van der Waals surface area contributed by atoms with Gasteiger partial charge in [0.05, 0.1) is 17.4 Å². The highest BCUT2D eigenvalue weighted by Gasteiger charge is 2.21. The van der Waals surface area contributed by atoms with Crippen LogP contribution in [-0.4, -0.2) is 32.0 Å². The van der Waals surface area contributed by atoms with E-state index in [4.69, 9.17) is 0 Å². The number of amides is 1. The van der Waals surface area contributed by atoms with Crippen LogP contribution in [0.25, 0.3) is 0 Å². The molecule has 0 saturated heterocycles. The highest BCUT2D eigenvalue weighted by Crippen LogP contribution is 2.21. The molecule has 1 aliphatic rings. The molecule has 1 unspecified atom stereocenters. The van der Waals surface area contributed by atoms with Crippen molar-refractivity contribution in [3.63, 3.8) is 0 Å². The second-order valence-electron chi connectivity index (χ2n) is 6.37. The number of carbonyl (C=O) groups is 1. The van der Waals surface area contributed by atoms with Gasteiger partial charge in [-0.3, -0.25) is 14.2 Å². The van der Waals surface area contributed by atoms with Gasteiger partial charge in [-0.2, -0.15) is 10.2 Å². The molecule has 0 radical (unpaired) electrons. The molecule has 0 spiro atoms. The van der Waals surface area contributed by atoms with Crippen LogP contribution in [0.5, 0.6) is 0 Å². The van der Waals surface area contributed by atoms with Crippen LogP contribution in [0.4, 0.5) is 0 Å². The van der Waals surface area contributed by atoms with Gasteiger partial charge in [0, 0.05) is 30.9 Å². The number of carbonyl (C=O) groups excluding carboxylic acids is 1. The van der Waals surface area contributed by atoms with E-state index in [1.807, 2.05) is 36.2 Å². The Balaban J connectivity index is 1.76. The van der Waals surface area contributed by atoms with Crippen LogP contribution in [0.15, 0.2) is 6.07 Å². The largest absolute Gasteiger partial charge is 0.344 e. The molecule has 0 bridgehead atoms. The van der Waals surface area contributed by atoms with E-state index in [0.717, 1.165) is 55.2 Å². The van der Waals surface area contributed by atoms with Gasteiger partial charge in [-0.15, -0.1) is 0 Å². The highest BCUT2D eigenvalue weighted by molar-refractivity contribution is 5.92. The summed E-state index contributed by atoms with van der Waals surface area (Å²) in [5.74, 6) is -0.133. The summed E-state index contributed by atoms with van der Waals surface area (Å²) in [6.07, 6.45) is 1.03. The van der Waals surface area contributed by atoms with Crippen molar-refractivity contribution < 1.29 is 4.79 Å². The minimum atomic E-state index is -0.133. The maximum Gasteiger partial charge on any atom is 0.272 e. The molecule has 0 aliphatic carbocycles. The molecule has 1 amide bonds. The normalized spacial score (nSPS) is 15.7. The first-order valence-corrected chi connectivity index (χ1v) is 8.63. The van der Waals surface area contributed by atoms with E-state index in [1.165, 1.54) is 0 Å². The maximum absolute atomic E-state index is 12.6. The molecule has 0 saturated carbocycles. The Bertz CT molecular complexity index is 721. The predicted molar refractivity (Wildman–Crippen MR) is 91.8 cm³/mol. The van der Waals surface area contributed by atoms with Crippen molar-refractivity contribution in [1.82, 2.24) is 30.2 Å². The topological polar surface area (TPSA) is 76.8 Å². The second-order valence-corrected chi connectivity index (χ2v) is 6.37. The Morgan fingerprint density at radius 3 is 2.92 bits per heavy atom. The van der Waals surface area contributed by atoms with Crippen molar-refractivity contribution >= 4 is 5.91 Å². The van der Waals surface area contributed by atoms with Crippen molar-refractivity contribution in [1.29, 1.82) is 0 Å². The SMILES string of the molecule is CCn1nc(C)c(C(C)NC(=O)c2cc3n(n2)CCCNC3)c1C. The molecule has 7 heteroatoms. The standard InChI is InChI=1S/C17H26N6O/c1-5-22-13(4)16(12(3)20-22)11(2)19-17(24)15-9-14-10-18-7-6-8-23(14)21-15/h9,11,18H,5-8,10H2,1-4H3,(H,19,24). The molecule has 3 heterocycles. The van der Waals surface area contributed by atoms with Gasteiger partial charge in [0.1, 0.15) is 0 Å². The third-order valence-corrected chi connectivity index (χ3v) is 4.64. The summed E-state index contributed by atoms with van der Waals surface area (Å²) in [7, 11) is 0. The predicted octanol–water partition coefficient (Wildman–Crippen LogP) is 1.70. The van der Waals surface area contributed by atoms with E-state index in [0.29, 0.717) is 5.69 Å². The first-order valence-electron chi connectivity index (χ1n) is 8.63. The average molecular weight is 330 g/mol.